The Balaban J connectivity index is 2.06. The van der Waals surface area contributed by atoms with E-state index in [0.29, 0.717) is 11.5 Å². The van der Waals surface area contributed by atoms with Crippen molar-refractivity contribution in [3.05, 3.63) is 65.6 Å². The Kier molecular flexibility index (Phi) is 3.14. The second-order valence-electron chi connectivity index (χ2n) is 5.78. The first-order chi connectivity index (χ1) is 10.8. The molecule has 3 aromatic rings. The van der Waals surface area contributed by atoms with Crippen LogP contribution in [0.15, 0.2) is 48.5 Å². The lowest BCUT2D eigenvalue weighted by Crippen LogP contribution is -2.00. The van der Waals surface area contributed by atoms with Gasteiger partial charge >= 0.3 is 0 Å². The van der Waals surface area contributed by atoms with E-state index in [1.54, 1.807) is 12.1 Å². The highest BCUT2D eigenvalue weighted by Gasteiger charge is 2.30. The largest absolute Gasteiger partial charge is 0.252 e. The molecule has 1 aliphatic rings. The number of pyridine rings is 1. The summed E-state index contributed by atoms with van der Waals surface area (Å²) in [4.78, 5) is 4.70. The Bertz CT molecular complexity index is 836. The number of rotatable bonds is 3. The summed E-state index contributed by atoms with van der Waals surface area (Å²) in [5.41, 5.74) is 4.11. The predicted octanol–water partition coefficient (Wildman–Crippen LogP) is 5.39. The van der Waals surface area contributed by atoms with E-state index in [0.717, 1.165) is 40.6 Å². The van der Waals surface area contributed by atoms with E-state index in [1.807, 2.05) is 24.3 Å². The van der Waals surface area contributed by atoms with Gasteiger partial charge in [0.05, 0.1) is 11.2 Å². The highest BCUT2D eigenvalue weighted by molar-refractivity contribution is 5.96. The highest BCUT2D eigenvalue weighted by atomic mass is 19.1. The fourth-order valence-corrected chi connectivity index (χ4v) is 3.05. The summed E-state index contributed by atoms with van der Waals surface area (Å²) in [7, 11) is 0. The molecule has 22 heavy (non-hydrogen) atoms. The van der Waals surface area contributed by atoms with E-state index in [1.165, 1.54) is 12.1 Å². The topological polar surface area (TPSA) is 12.9 Å². The van der Waals surface area contributed by atoms with Gasteiger partial charge in [-0.2, -0.15) is 0 Å². The third kappa shape index (κ3) is 2.17. The van der Waals surface area contributed by atoms with Gasteiger partial charge in [0.25, 0.3) is 0 Å². The van der Waals surface area contributed by atoms with Crippen molar-refractivity contribution in [2.24, 2.45) is 0 Å². The first-order valence-electron chi connectivity index (χ1n) is 7.51. The fraction of sp³-hybridized carbons (Fsp3) is 0.211. The Morgan fingerprint density at radius 3 is 2.41 bits per heavy atom. The Labute approximate surface area is 127 Å². The quantitative estimate of drug-likeness (QED) is 0.631. The molecule has 4 rings (SSSR count). The molecular weight excluding hydrogens is 280 g/mol. The molecule has 3 heteroatoms. The third-order valence-corrected chi connectivity index (χ3v) is 4.26. The van der Waals surface area contributed by atoms with E-state index in [2.05, 4.69) is 0 Å². The number of halogens is 2. The van der Waals surface area contributed by atoms with Crippen LogP contribution in [0.2, 0.25) is 0 Å². The number of alkyl halides is 1. The first kappa shape index (κ1) is 13.4. The molecular formula is C19H15F2N. The lowest BCUT2D eigenvalue weighted by molar-refractivity contribution is 0.482. The van der Waals surface area contributed by atoms with Crippen LogP contribution in [0.5, 0.6) is 0 Å². The molecule has 0 N–H and O–H groups in total. The van der Waals surface area contributed by atoms with Crippen molar-refractivity contribution in [2.75, 3.05) is 0 Å². The van der Waals surface area contributed by atoms with E-state index >= 15 is 0 Å². The summed E-state index contributed by atoms with van der Waals surface area (Å²) >= 11 is 0. The fourth-order valence-electron chi connectivity index (χ4n) is 3.05. The van der Waals surface area contributed by atoms with Gasteiger partial charge in [-0.25, -0.2) is 8.78 Å². The van der Waals surface area contributed by atoms with Gasteiger partial charge in [0.2, 0.25) is 0 Å². The molecule has 0 saturated heterocycles. The van der Waals surface area contributed by atoms with Gasteiger partial charge in [-0.05, 0) is 42.2 Å². The van der Waals surface area contributed by atoms with E-state index < -0.39 is 6.67 Å². The number of para-hydroxylation sites is 1. The third-order valence-electron chi connectivity index (χ3n) is 4.26. The first-order valence-corrected chi connectivity index (χ1v) is 7.51. The molecule has 1 fully saturated rings. The number of hydrogen-bond donors (Lipinski definition) is 0. The average molecular weight is 295 g/mol. The molecule has 1 heterocycles. The van der Waals surface area contributed by atoms with Crippen LogP contribution in [0.3, 0.4) is 0 Å². The van der Waals surface area contributed by atoms with Gasteiger partial charge in [-0.3, -0.25) is 4.98 Å². The molecule has 0 aliphatic heterocycles. The second-order valence-corrected chi connectivity index (χ2v) is 5.78. The molecule has 1 nitrogen and oxygen atoms in total. The minimum absolute atomic E-state index is 0.286. The minimum atomic E-state index is -0.545. The molecule has 0 atom stereocenters. The summed E-state index contributed by atoms with van der Waals surface area (Å²) < 4.78 is 27.0. The van der Waals surface area contributed by atoms with Gasteiger partial charge in [-0.1, -0.05) is 30.3 Å². The average Bonchev–Trinajstić information content (AvgIpc) is 3.39. The van der Waals surface area contributed by atoms with Crippen LogP contribution >= 0.6 is 0 Å². The number of nitrogens with zero attached hydrogens (tertiary/aromatic N) is 1. The summed E-state index contributed by atoms with van der Waals surface area (Å²) in [5.74, 6) is 0.0841. The standard InChI is InChI=1S/C19H15F2N/c20-11-16-18(12-7-9-14(21)10-8-12)15-3-1-2-4-17(15)22-19(16)13-5-6-13/h1-4,7-10,13H,5-6,11H2. The van der Waals surface area contributed by atoms with Crippen LogP contribution in [0.1, 0.15) is 30.0 Å². The molecule has 0 radical (unpaired) electrons. The smallest absolute Gasteiger partial charge is 0.123 e. The van der Waals surface area contributed by atoms with Crippen molar-refractivity contribution in [1.82, 2.24) is 4.98 Å². The molecule has 1 saturated carbocycles. The van der Waals surface area contributed by atoms with Crippen molar-refractivity contribution < 1.29 is 8.78 Å². The normalized spacial score (nSPS) is 14.5. The second kappa shape index (κ2) is 5.16. The summed E-state index contributed by atoms with van der Waals surface area (Å²) in [6, 6.07) is 14.0. The van der Waals surface area contributed by atoms with Crippen LogP contribution in [-0.4, -0.2) is 4.98 Å². The zero-order valence-electron chi connectivity index (χ0n) is 12.0. The molecule has 0 amide bonds. The number of benzene rings is 2. The maximum Gasteiger partial charge on any atom is 0.123 e. The zero-order chi connectivity index (χ0) is 15.1. The van der Waals surface area contributed by atoms with Crippen molar-refractivity contribution in [3.8, 4) is 11.1 Å². The van der Waals surface area contributed by atoms with Crippen molar-refractivity contribution in [3.63, 3.8) is 0 Å². The van der Waals surface area contributed by atoms with Crippen LogP contribution in [0, 0.1) is 5.82 Å². The van der Waals surface area contributed by atoms with Gasteiger partial charge in [0, 0.05) is 16.9 Å². The van der Waals surface area contributed by atoms with Crippen LogP contribution in [-0.2, 0) is 6.67 Å². The van der Waals surface area contributed by atoms with Crippen molar-refractivity contribution in [2.45, 2.75) is 25.4 Å². The monoisotopic (exact) mass is 295 g/mol. The lowest BCUT2D eigenvalue weighted by Gasteiger charge is -2.15. The summed E-state index contributed by atoms with van der Waals surface area (Å²) in [6.45, 7) is -0.545. The van der Waals surface area contributed by atoms with Crippen LogP contribution in [0.25, 0.3) is 22.0 Å². The molecule has 1 aromatic heterocycles. The maximum atomic E-state index is 13.8. The van der Waals surface area contributed by atoms with Crippen LogP contribution < -0.4 is 0 Å². The van der Waals surface area contributed by atoms with Gasteiger partial charge < -0.3 is 0 Å². The SMILES string of the molecule is FCc1c(C2CC2)nc2ccccc2c1-c1ccc(F)cc1. The molecule has 0 bridgehead atoms. The minimum Gasteiger partial charge on any atom is -0.252 e. The van der Waals surface area contributed by atoms with E-state index in [4.69, 9.17) is 4.98 Å². The Hall–Kier alpha value is -2.29. The summed E-state index contributed by atoms with van der Waals surface area (Å²) in [5, 5.41) is 0.922. The molecule has 0 unspecified atom stereocenters. The molecule has 0 spiro atoms. The van der Waals surface area contributed by atoms with Crippen molar-refractivity contribution in [1.29, 1.82) is 0 Å². The lowest BCUT2D eigenvalue weighted by atomic mass is 9.93. The van der Waals surface area contributed by atoms with Gasteiger partial charge in [0.1, 0.15) is 12.5 Å². The van der Waals surface area contributed by atoms with Gasteiger partial charge in [0.15, 0.2) is 0 Å². The molecule has 110 valence electrons. The Morgan fingerprint density at radius 1 is 1.00 bits per heavy atom. The number of hydrogen-bond acceptors (Lipinski definition) is 1. The van der Waals surface area contributed by atoms with Crippen LogP contribution in [0.4, 0.5) is 8.78 Å². The summed E-state index contributed by atoms with van der Waals surface area (Å²) in [6.07, 6.45) is 2.14. The molecule has 2 aromatic carbocycles. The number of fused-ring (bicyclic) bond motifs is 1. The predicted molar refractivity (Wildman–Crippen MR) is 83.9 cm³/mol. The van der Waals surface area contributed by atoms with Crippen molar-refractivity contribution >= 4 is 10.9 Å². The highest BCUT2D eigenvalue weighted by Crippen LogP contribution is 2.45. The zero-order valence-corrected chi connectivity index (χ0v) is 12.0. The van der Waals surface area contributed by atoms with E-state index in [9.17, 15) is 8.78 Å². The van der Waals surface area contributed by atoms with E-state index in [-0.39, 0.29) is 5.82 Å². The van der Waals surface area contributed by atoms with Gasteiger partial charge in [-0.15, -0.1) is 0 Å². The number of aromatic nitrogens is 1. The Morgan fingerprint density at radius 2 is 1.73 bits per heavy atom. The molecule has 1 aliphatic carbocycles. The maximum absolute atomic E-state index is 13.8.